The number of fused-ring (bicyclic) bond motifs is 2. The number of rotatable bonds is 3. The Morgan fingerprint density at radius 3 is 2.74 bits per heavy atom. The fourth-order valence-electron chi connectivity index (χ4n) is 4.39. The average molecular weight is 418 g/mol. The number of piperazine rings is 1. The van der Waals surface area contributed by atoms with Crippen LogP contribution >= 0.6 is 0 Å². The first kappa shape index (κ1) is 19.7. The Labute approximate surface area is 180 Å². The Kier molecular flexibility index (Phi) is 4.74. The highest BCUT2D eigenvalue weighted by Gasteiger charge is 2.18. The molecule has 31 heavy (non-hydrogen) atoms. The van der Waals surface area contributed by atoms with Crippen molar-refractivity contribution in [3.8, 4) is 11.4 Å². The molecule has 0 aliphatic carbocycles. The summed E-state index contributed by atoms with van der Waals surface area (Å²) in [5.41, 5.74) is 6.70. The molecule has 1 unspecified atom stereocenters. The summed E-state index contributed by atoms with van der Waals surface area (Å²) in [6.45, 7) is 11.0. The van der Waals surface area contributed by atoms with Crippen molar-refractivity contribution in [2.24, 2.45) is 0 Å². The lowest BCUT2D eigenvalue weighted by molar-refractivity contribution is 0.484. The molecule has 1 N–H and O–H groups in total. The number of aryl methyl sites for hydroxylation is 3. The van der Waals surface area contributed by atoms with Crippen LogP contribution in [0.5, 0.6) is 0 Å². The molecule has 1 aliphatic heterocycles. The molecule has 1 aliphatic rings. The van der Waals surface area contributed by atoms with Gasteiger partial charge in [-0.1, -0.05) is 6.92 Å². The molecule has 4 aromatic rings. The topological polar surface area (TPSA) is 79.8 Å². The van der Waals surface area contributed by atoms with Crippen molar-refractivity contribution in [2.45, 2.75) is 40.2 Å². The van der Waals surface area contributed by atoms with Crippen LogP contribution in [0.2, 0.25) is 0 Å². The smallest absolute Gasteiger partial charge is 0.258 e. The molecule has 8 nitrogen and oxygen atoms in total. The third-order valence-electron chi connectivity index (χ3n) is 5.91. The van der Waals surface area contributed by atoms with Gasteiger partial charge in [0, 0.05) is 37.9 Å². The van der Waals surface area contributed by atoms with E-state index in [1.807, 2.05) is 36.8 Å². The van der Waals surface area contributed by atoms with Crippen molar-refractivity contribution in [1.29, 1.82) is 0 Å². The molecule has 0 amide bonds. The van der Waals surface area contributed by atoms with Gasteiger partial charge in [-0.25, -0.2) is 9.50 Å². The first-order valence-electron chi connectivity index (χ1n) is 10.8. The normalized spacial score (nSPS) is 17.0. The number of nitrogens with one attached hydrogen (secondary N) is 1. The fraction of sp³-hybridized carbons (Fsp3) is 0.391. The number of hydrogen-bond acceptors (Lipinski definition) is 6. The van der Waals surface area contributed by atoms with E-state index >= 15 is 0 Å². The fourth-order valence-corrected chi connectivity index (χ4v) is 4.39. The van der Waals surface area contributed by atoms with E-state index in [4.69, 9.17) is 4.98 Å². The van der Waals surface area contributed by atoms with Crippen LogP contribution in [-0.2, 0) is 6.42 Å². The number of anilines is 1. The summed E-state index contributed by atoms with van der Waals surface area (Å²) in [6.07, 6.45) is 4.63. The van der Waals surface area contributed by atoms with Crippen LogP contribution < -0.4 is 15.8 Å². The molecule has 160 valence electrons. The molecular weight excluding hydrogens is 390 g/mol. The summed E-state index contributed by atoms with van der Waals surface area (Å²) >= 11 is 0. The molecule has 1 atom stereocenters. The summed E-state index contributed by atoms with van der Waals surface area (Å²) < 4.78 is 3.49. The lowest BCUT2D eigenvalue weighted by atomic mass is 10.2. The summed E-state index contributed by atoms with van der Waals surface area (Å²) in [5.74, 6) is 0. The minimum Gasteiger partial charge on any atom is -0.368 e. The molecule has 0 spiro atoms. The van der Waals surface area contributed by atoms with Gasteiger partial charge in [-0.3, -0.25) is 14.2 Å². The van der Waals surface area contributed by atoms with Gasteiger partial charge in [0.25, 0.3) is 5.56 Å². The van der Waals surface area contributed by atoms with E-state index in [1.54, 1.807) is 10.5 Å². The molecule has 0 radical (unpaired) electrons. The first-order valence-corrected chi connectivity index (χ1v) is 10.8. The van der Waals surface area contributed by atoms with Crippen molar-refractivity contribution in [1.82, 2.24) is 29.3 Å². The molecular formula is C23H27N7O. The van der Waals surface area contributed by atoms with E-state index in [0.29, 0.717) is 23.1 Å². The summed E-state index contributed by atoms with van der Waals surface area (Å²) in [7, 11) is 0. The third kappa shape index (κ3) is 3.46. The minimum atomic E-state index is -0.102. The minimum absolute atomic E-state index is 0.102. The molecule has 0 saturated carbocycles. The molecule has 0 aromatic carbocycles. The predicted octanol–water partition coefficient (Wildman–Crippen LogP) is 2.38. The molecule has 1 fully saturated rings. The monoisotopic (exact) mass is 417 g/mol. The maximum atomic E-state index is 13.1. The van der Waals surface area contributed by atoms with E-state index in [1.165, 1.54) is 0 Å². The zero-order valence-electron chi connectivity index (χ0n) is 18.4. The quantitative estimate of drug-likeness (QED) is 0.551. The number of nitrogens with zero attached hydrogens (tertiary/aromatic N) is 6. The van der Waals surface area contributed by atoms with Crippen LogP contribution in [0.4, 0.5) is 5.69 Å². The highest BCUT2D eigenvalue weighted by Crippen LogP contribution is 2.23. The van der Waals surface area contributed by atoms with Crippen LogP contribution in [0.3, 0.4) is 0 Å². The standard InChI is InChI=1S/C23H27N7O/c1-5-18-21-9-20(27-30(21)12-16(4)25-18)19-10-22(31)29-13-17(8-14(2)23(29)26-19)28-7-6-24-15(3)11-28/h8-10,12-13,15,24H,5-7,11H2,1-4H3. The van der Waals surface area contributed by atoms with Crippen LogP contribution in [-0.4, -0.2) is 49.7 Å². The van der Waals surface area contributed by atoms with Crippen LogP contribution in [0.15, 0.2) is 35.4 Å². The zero-order valence-corrected chi connectivity index (χ0v) is 18.4. The Balaban J connectivity index is 1.62. The lowest BCUT2D eigenvalue weighted by Gasteiger charge is -2.33. The van der Waals surface area contributed by atoms with Crippen LogP contribution in [0.1, 0.15) is 30.8 Å². The van der Waals surface area contributed by atoms with Gasteiger partial charge in [0.1, 0.15) is 11.3 Å². The highest BCUT2D eigenvalue weighted by molar-refractivity contribution is 5.67. The molecule has 4 aromatic heterocycles. The van der Waals surface area contributed by atoms with Gasteiger partial charge in [0.2, 0.25) is 0 Å². The second kappa shape index (κ2) is 7.46. The maximum absolute atomic E-state index is 13.1. The van der Waals surface area contributed by atoms with Gasteiger partial charge in [-0.15, -0.1) is 0 Å². The summed E-state index contributed by atoms with van der Waals surface area (Å²) in [6, 6.07) is 6.08. The first-order chi connectivity index (χ1) is 14.9. The molecule has 5 rings (SSSR count). The summed E-state index contributed by atoms with van der Waals surface area (Å²) in [4.78, 5) is 24.8. The maximum Gasteiger partial charge on any atom is 0.258 e. The molecule has 8 heteroatoms. The Hall–Kier alpha value is -3.26. The van der Waals surface area contributed by atoms with Crippen LogP contribution in [0.25, 0.3) is 22.6 Å². The van der Waals surface area contributed by atoms with E-state index < -0.39 is 0 Å². The molecule has 0 bridgehead atoms. The number of aromatic nitrogens is 5. The van der Waals surface area contributed by atoms with Gasteiger partial charge in [-0.2, -0.15) is 5.10 Å². The van der Waals surface area contributed by atoms with Crippen LogP contribution in [0, 0.1) is 13.8 Å². The average Bonchev–Trinajstić information content (AvgIpc) is 3.17. The highest BCUT2D eigenvalue weighted by atomic mass is 16.1. The van der Waals surface area contributed by atoms with E-state index in [0.717, 1.165) is 54.2 Å². The van der Waals surface area contributed by atoms with E-state index in [2.05, 4.69) is 40.2 Å². The third-order valence-corrected chi connectivity index (χ3v) is 5.91. The Morgan fingerprint density at radius 2 is 1.97 bits per heavy atom. The molecule has 1 saturated heterocycles. The second-order valence-corrected chi connectivity index (χ2v) is 8.40. The lowest BCUT2D eigenvalue weighted by Crippen LogP contribution is -2.49. The van der Waals surface area contributed by atoms with Crippen molar-refractivity contribution in [2.75, 3.05) is 24.5 Å². The van der Waals surface area contributed by atoms with Crippen molar-refractivity contribution in [3.63, 3.8) is 0 Å². The largest absolute Gasteiger partial charge is 0.368 e. The van der Waals surface area contributed by atoms with E-state index in [9.17, 15) is 4.79 Å². The number of hydrogen-bond donors (Lipinski definition) is 1. The van der Waals surface area contributed by atoms with Crippen molar-refractivity contribution >= 4 is 16.9 Å². The predicted molar refractivity (Wildman–Crippen MR) is 122 cm³/mol. The van der Waals surface area contributed by atoms with Crippen molar-refractivity contribution in [3.05, 3.63) is 57.9 Å². The second-order valence-electron chi connectivity index (χ2n) is 8.40. The van der Waals surface area contributed by atoms with Gasteiger partial charge < -0.3 is 10.2 Å². The Bertz CT molecular complexity index is 1350. The SMILES string of the molecule is CCc1nc(C)cn2nc(-c3cc(=O)n4cc(N5CCNC(C)C5)cc(C)c4n3)cc12. The zero-order chi connectivity index (χ0) is 21.7. The molecule has 5 heterocycles. The van der Waals surface area contributed by atoms with E-state index in [-0.39, 0.29) is 5.56 Å². The van der Waals surface area contributed by atoms with Gasteiger partial charge >= 0.3 is 0 Å². The van der Waals surface area contributed by atoms with Gasteiger partial charge in [0.15, 0.2) is 0 Å². The van der Waals surface area contributed by atoms with Gasteiger partial charge in [0.05, 0.1) is 34.5 Å². The van der Waals surface area contributed by atoms with Gasteiger partial charge in [-0.05, 0) is 44.9 Å². The van der Waals surface area contributed by atoms with Crippen molar-refractivity contribution < 1.29 is 0 Å². The summed E-state index contributed by atoms with van der Waals surface area (Å²) in [5, 5.41) is 8.14. The number of pyridine rings is 1. The Morgan fingerprint density at radius 1 is 1.13 bits per heavy atom.